The van der Waals surface area contributed by atoms with Crippen LogP contribution < -0.4 is 19.5 Å². The lowest BCUT2D eigenvalue weighted by Gasteiger charge is -2.17. The zero-order chi connectivity index (χ0) is 23.1. The maximum atomic E-state index is 12.7. The van der Waals surface area contributed by atoms with Crippen molar-refractivity contribution in [1.82, 2.24) is 5.32 Å². The molecule has 32 heavy (non-hydrogen) atoms. The standard InChI is InChI=1S/C23H26N2O5S2/c1-4-13-30-20-12-9-18(15-21(20)29-3)16(2)24-23(26)17-7-10-19(11-8-17)25-32(27,28)22-6-5-14-31-22/h5-12,14-16,25H,4,13H2,1-3H3,(H,24,26). The number of anilines is 1. The number of methoxy groups -OCH3 is 1. The molecular weight excluding hydrogens is 448 g/mol. The molecule has 3 rings (SSSR count). The van der Waals surface area contributed by atoms with Gasteiger partial charge in [-0.15, -0.1) is 11.3 Å². The van der Waals surface area contributed by atoms with Gasteiger partial charge in [-0.25, -0.2) is 8.42 Å². The second kappa shape index (κ2) is 10.5. The first-order valence-corrected chi connectivity index (χ1v) is 12.5. The summed E-state index contributed by atoms with van der Waals surface area (Å²) in [6.45, 7) is 4.51. The van der Waals surface area contributed by atoms with Gasteiger partial charge in [-0.05, 0) is 66.8 Å². The molecule has 9 heteroatoms. The summed E-state index contributed by atoms with van der Waals surface area (Å²) in [5.74, 6) is 1.01. The summed E-state index contributed by atoms with van der Waals surface area (Å²) in [5.41, 5.74) is 1.68. The second-order valence-corrected chi connectivity index (χ2v) is 9.93. The quantitative estimate of drug-likeness (QED) is 0.439. The lowest BCUT2D eigenvalue weighted by atomic mass is 10.1. The molecule has 170 valence electrons. The first-order chi connectivity index (χ1) is 15.3. The molecule has 0 spiro atoms. The van der Waals surface area contributed by atoms with Crippen LogP contribution in [0.4, 0.5) is 5.69 Å². The average molecular weight is 475 g/mol. The number of carbonyl (C=O) groups excluding carboxylic acids is 1. The minimum absolute atomic E-state index is 0.231. The van der Waals surface area contributed by atoms with Gasteiger partial charge in [-0.1, -0.05) is 19.1 Å². The maximum absolute atomic E-state index is 12.7. The molecule has 1 atom stereocenters. The Kier molecular flexibility index (Phi) is 7.76. The fraction of sp³-hybridized carbons (Fsp3) is 0.261. The minimum Gasteiger partial charge on any atom is -0.493 e. The maximum Gasteiger partial charge on any atom is 0.271 e. The molecule has 0 radical (unpaired) electrons. The van der Waals surface area contributed by atoms with Gasteiger partial charge >= 0.3 is 0 Å². The van der Waals surface area contributed by atoms with E-state index in [-0.39, 0.29) is 16.2 Å². The molecule has 0 bridgehead atoms. The van der Waals surface area contributed by atoms with Gasteiger partial charge in [0, 0.05) is 11.3 Å². The van der Waals surface area contributed by atoms with Gasteiger partial charge in [0.2, 0.25) is 0 Å². The highest BCUT2D eigenvalue weighted by atomic mass is 32.2. The van der Waals surface area contributed by atoms with Crippen molar-refractivity contribution in [1.29, 1.82) is 0 Å². The van der Waals surface area contributed by atoms with Crippen molar-refractivity contribution in [3.05, 3.63) is 71.1 Å². The molecule has 1 unspecified atom stereocenters. The monoisotopic (exact) mass is 474 g/mol. The first-order valence-electron chi connectivity index (χ1n) is 10.1. The van der Waals surface area contributed by atoms with Crippen molar-refractivity contribution in [2.45, 2.75) is 30.5 Å². The fourth-order valence-electron chi connectivity index (χ4n) is 2.96. The summed E-state index contributed by atoms with van der Waals surface area (Å²) < 4.78 is 38.5. The number of hydrogen-bond acceptors (Lipinski definition) is 6. The Morgan fingerprint density at radius 3 is 2.47 bits per heavy atom. The Labute approximate surface area is 192 Å². The van der Waals surface area contributed by atoms with Crippen LogP contribution in [0, 0.1) is 0 Å². The largest absolute Gasteiger partial charge is 0.493 e. The number of sulfonamides is 1. The molecule has 0 aliphatic heterocycles. The molecule has 1 heterocycles. The predicted molar refractivity (Wildman–Crippen MR) is 126 cm³/mol. The van der Waals surface area contributed by atoms with Gasteiger partial charge in [0.25, 0.3) is 15.9 Å². The summed E-state index contributed by atoms with van der Waals surface area (Å²) in [5, 5.41) is 4.64. The Bertz CT molecular complexity index is 1140. The van der Waals surface area contributed by atoms with Gasteiger partial charge in [0.05, 0.1) is 19.8 Å². The summed E-state index contributed by atoms with van der Waals surface area (Å²) in [6.07, 6.45) is 0.894. The van der Waals surface area contributed by atoms with Crippen LogP contribution in [0.25, 0.3) is 0 Å². The lowest BCUT2D eigenvalue weighted by Crippen LogP contribution is -2.26. The molecular formula is C23H26N2O5S2. The number of rotatable bonds is 10. The van der Waals surface area contributed by atoms with Crippen LogP contribution in [0.3, 0.4) is 0 Å². The molecule has 2 N–H and O–H groups in total. The van der Waals surface area contributed by atoms with E-state index in [1.807, 2.05) is 32.0 Å². The highest BCUT2D eigenvalue weighted by Gasteiger charge is 2.17. The number of benzene rings is 2. The van der Waals surface area contributed by atoms with Crippen LogP contribution in [0.1, 0.15) is 42.2 Å². The predicted octanol–water partition coefficient (Wildman–Crippen LogP) is 4.84. The van der Waals surface area contributed by atoms with E-state index >= 15 is 0 Å². The SMILES string of the molecule is CCCOc1ccc(C(C)NC(=O)c2ccc(NS(=O)(=O)c3cccs3)cc2)cc1OC. The van der Waals surface area contributed by atoms with Gasteiger partial charge in [0.1, 0.15) is 4.21 Å². The van der Waals surface area contributed by atoms with Crippen molar-refractivity contribution in [3.63, 3.8) is 0 Å². The molecule has 0 aliphatic carbocycles. The molecule has 1 aromatic heterocycles. The van der Waals surface area contributed by atoms with E-state index in [1.165, 1.54) is 6.07 Å². The third kappa shape index (κ3) is 5.80. The minimum atomic E-state index is -3.63. The highest BCUT2D eigenvalue weighted by Crippen LogP contribution is 2.30. The third-order valence-electron chi connectivity index (χ3n) is 4.66. The zero-order valence-corrected chi connectivity index (χ0v) is 19.8. The Morgan fingerprint density at radius 1 is 1.09 bits per heavy atom. The number of hydrogen-bond donors (Lipinski definition) is 2. The molecule has 3 aromatic rings. The fourth-order valence-corrected chi connectivity index (χ4v) is 5.01. The summed E-state index contributed by atoms with van der Waals surface area (Å²) in [7, 11) is -2.05. The van der Waals surface area contributed by atoms with Gasteiger partial charge in [0.15, 0.2) is 11.5 Å². The lowest BCUT2D eigenvalue weighted by molar-refractivity contribution is 0.0940. The van der Waals surface area contributed by atoms with E-state index in [4.69, 9.17) is 9.47 Å². The number of carbonyl (C=O) groups is 1. The molecule has 0 aliphatic rings. The van der Waals surface area contributed by atoms with E-state index in [0.29, 0.717) is 29.4 Å². The van der Waals surface area contributed by atoms with E-state index in [2.05, 4.69) is 10.0 Å². The van der Waals surface area contributed by atoms with Crippen molar-refractivity contribution < 1.29 is 22.7 Å². The zero-order valence-electron chi connectivity index (χ0n) is 18.1. The van der Waals surface area contributed by atoms with E-state index in [1.54, 1.807) is 42.8 Å². The second-order valence-electron chi connectivity index (χ2n) is 7.07. The number of amides is 1. The van der Waals surface area contributed by atoms with Gasteiger partial charge < -0.3 is 14.8 Å². The third-order valence-corrected chi connectivity index (χ3v) is 7.43. The summed E-state index contributed by atoms with van der Waals surface area (Å²) >= 11 is 1.14. The Balaban J connectivity index is 1.65. The molecule has 0 fully saturated rings. The topological polar surface area (TPSA) is 93.7 Å². The Hall–Kier alpha value is -3.04. The number of ether oxygens (including phenoxy) is 2. The van der Waals surface area contributed by atoms with Crippen LogP contribution in [-0.4, -0.2) is 28.0 Å². The van der Waals surface area contributed by atoms with Crippen LogP contribution in [0.5, 0.6) is 11.5 Å². The van der Waals surface area contributed by atoms with Crippen molar-refractivity contribution >= 4 is 33.0 Å². The number of thiophene rings is 1. The van der Waals surface area contributed by atoms with E-state index in [0.717, 1.165) is 23.3 Å². The van der Waals surface area contributed by atoms with Crippen LogP contribution in [0.2, 0.25) is 0 Å². The number of nitrogens with one attached hydrogen (secondary N) is 2. The van der Waals surface area contributed by atoms with Crippen molar-refractivity contribution in [2.75, 3.05) is 18.4 Å². The molecule has 0 saturated heterocycles. The van der Waals surface area contributed by atoms with Crippen molar-refractivity contribution in [3.8, 4) is 11.5 Å². The summed E-state index contributed by atoms with van der Waals surface area (Å²) in [6, 6.07) is 14.8. The average Bonchev–Trinajstić information content (AvgIpc) is 3.34. The highest BCUT2D eigenvalue weighted by molar-refractivity contribution is 7.94. The molecule has 1 amide bonds. The summed E-state index contributed by atoms with van der Waals surface area (Å²) in [4.78, 5) is 12.7. The van der Waals surface area contributed by atoms with Crippen LogP contribution >= 0.6 is 11.3 Å². The molecule has 2 aromatic carbocycles. The normalized spacial score (nSPS) is 12.1. The van der Waals surface area contributed by atoms with Crippen LogP contribution in [0.15, 0.2) is 64.2 Å². The van der Waals surface area contributed by atoms with Crippen molar-refractivity contribution in [2.24, 2.45) is 0 Å². The molecule has 0 saturated carbocycles. The first kappa shape index (κ1) is 23.6. The van der Waals surface area contributed by atoms with Gasteiger partial charge in [-0.3, -0.25) is 9.52 Å². The smallest absolute Gasteiger partial charge is 0.271 e. The van der Waals surface area contributed by atoms with E-state index in [9.17, 15) is 13.2 Å². The van der Waals surface area contributed by atoms with Gasteiger partial charge in [-0.2, -0.15) is 0 Å². The van der Waals surface area contributed by atoms with Crippen LogP contribution in [-0.2, 0) is 10.0 Å². The Morgan fingerprint density at radius 2 is 1.84 bits per heavy atom. The molecule has 7 nitrogen and oxygen atoms in total. The van der Waals surface area contributed by atoms with E-state index < -0.39 is 10.0 Å².